The monoisotopic (exact) mass is 564 g/mol. The molecule has 0 aliphatic heterocycles. The van der Waals surface area contributed by atoms with Crippen LogP contribution >= 0.6 is 0 Å². The molecule has 3 aromatic heterocycles. The highest BCUT2D eigenvalue weighted by Gasteiger charge is 2.23. The molecule has 3 heterocycles. The molecule has 0 saturated carbocycles. The maximum absolute atomic E-state index is 13.0. The number of amides is 1. The summed E-state index contributed by atoms with van der Waals surface area (Å²) in [6.07, 6.45) is 3.36. The molecule has 212 valence electrons. The van der Waals surface area contributed by atoms with Crippen LogP contribution in [-0.2, 0) is 22.4 Å². The van der Waals surface area contributed by atoms with Crippen molar-refractivity contribution in [3.8, 4) is 16.9 Å². The highest BCUT2D eigenvalue weighted by Crippen LogP contribution is 2.37. The van der Waals surface area contributed by atoms with Crippen molar-refractivity contribution in [2.24, 2.45) is 0 Å². The molecule has 0 aliphatic rings. The molecule has 0 radical (unpaired) electrons. The number of rotatable bonds is 8. The summed E-state index contributed by atoms with van der Waals surface area (Å²) in [4.78, 5) is 41.0. The second kappa shape index (κ2) is 10.6. The Kier molecular flexibility index (Phi) is 6.78. The molecule has 0 aliphatic carbocycles. The number of carboxylic acids is 1. The second-order valence-electron chi connectivity index (χ2n) is 10.5. The number of carbonyl (C=O) groups excluding carboxylic acids is 1. The highest BCUT2D eigenvalue weighted by molar-refractivity contribution is 6.05. The van der Waals surface area contributed by atoms with Crippen LogP contribution in [-0.4, -0.2) is 33.1 Å². The summed E-state index contributed by atoms with van der Waals surface area (Å²) in [7, 11) is 0. The largest absolute Gasteiger partial charge is 0.508 e. The van der Waals surface area contributed by atoms with Crippen LogP contribution in [0.2, 0.25) is 0 Å². The Bertz CT molecular complexity index is 2050. The average molecular weight is 565 g/mol. The molecule has 4 N–H and O–H groups in total. The summed E-state index contributed by atoms with van der Waals surface area (Å²) in [5, 5.41) is 24.5. The molecule has 9 heteroatoms. The maximum atomic E-state index is 13.0. The van der Waals surface area contributed by atoms with E-state index in [0.29, 0.717) is 38.8 Å². The van der Waals surface area contributed by atoms with Crippen molar-refractivity contribution in [2.45, 2.75) is 39.2 Å². The Morgan fingerprint density at radius 3 is 2.52 bits per heavy atom. The van der Waals surface area contributed by atoms with E-state index in [0.717, 1.165) is 27.4 Å². The number of aromatic hydroxyl groups is 1. The number of hydrogen-bond acceptors (Lipinski definition) is 6. The fourth-order valence-corrected chi connectivity index (χ4v) is 5.59. The molecule has 9 nitrogen and oxygen atoms in total. The lowest BCUT2D eigenvalue weighted by Gasteiger charge is -2.15. The van der Waals surface area contributed by atoms with Crippen LogP contribution in [0.4, 0.5) is 0 Å². The Labute approximate surface area is 239 Å². The zero-order valence-electron chi connectivity index (χ0n) is 23.0. The summed E-state index contributed by atoms with van der Waals surface area (Å²) >= 11 is 0. The first kappa shape index (κ1) is 26.9. The van der Waals surface area contributed by atoms with Gasteiger partial charge in [0.1, 0.15) is 23.0 Å². The molecule has 0 saturated heterocycles. The van der Waals surface area contributed by atoms with Crippen LogP contribution in [0, 0.1) is 13.8 Å². The first-order valence-corrected chi connectivity index (χ1v) is 13.5. The number of phenolic OH excluding ortho intramolecular Hbond substituents is 1. The fraction of sp³-hybridized carbons (Fsp3) is 0.182. The van der Waals surface area contributed by atoms with Gasteiger partial charge in [-0.05, 0) is 61.2 Å². The van der Waals surface area contributed by atoms with Crippen molar-refractivity contribution in [3.05, 3.63) is 99.7 Å². The van der Waals surface area contributed by atoms with Gasteiger partial charge in [0, 0.05) is 57.4 Å². The first-order chi connectivity index (χ1) is 20.2. The van der Waals surface area contributed by atoms with Gasteiger partial charge in [-0.1, -0.05) is 30.3 Å². The fourth-order valence-electron chi connectivity index (χ4n) is 5.59. The molecule has 0 bridgehead atoms. The van der Waals surface area contributed by atoms with Crippen molar-refractivity contribution < 1.29 is 28.6 Å². The van der Waals surface area contributed by atoms with Gasteiger partial charge in [0.05, 0.1) is 6.26 Å². The van der Waals surface area contributed by atoms with Gasteiger partial charge in [0.25, 0.3) is 0 Å². The van der Waals surface area contributed by atoms with Gasteiger partial charge in [0.15, 0.2) is 0 Å². The van der Waals surface area contributed by atoms with Crippen molar-refractivity contribution in [1.29, 1.82) is 0 Å². The number of carbonyl (C=O) groups is 2. The zero-order chi connectivity index (χ0) is 29.5. The summed E-state index contributed by atoms with van der Waals surface area (Å²) in [6, 6.07) is 15.4. The van der Waals surface area contributed by atoms with E-state index < -0.39 is 23.5 Å². The standard InChI is InChI=1S/C33H28N2O7/c1-17-22(9-11-29(37)35-28(32(38)39)12-20-15-34-27-10-8-21(36)13-24(20)27)33(40)42-31-18(2)30-25(14-23(17)31)26(16-41-30)19-6-4-3-5-7-19/h3-8,10,13-16,28,34,36H,9,11-12H2,1-2H3,(H,35,37)(H,38,39). The smallest absolute Gasteiger partial charge is 0.339 e. The lowest BCUT2D eigenvalue weighted by atomic mass is 9.96. The van der Waals surface area contributed by atoms with E-state index in [1.807, 2.05) is 50.2 Å². The lowest BCUT2D eigenvalue weighted by molar-refractivity contribution is -0.141. The van der Waals surface area contributed by atoms with Crippen LogP contribution in [0.1, 0.15) is 28.7 Å². The minimum absolute atomic E-state index is 0.0192. The van der Waals surface area contributed by atoms with Crippen LogP contribution in [0.15, 0.2) is 80.7 Å². The minimum Gasteiger partial charge on any atom is -0.508 e. The number of H-pyrrole nitrogens is 1. The Morgan fingerprint density at radius 2 is 1.76 bits per heavy atom. The predicted octanol–water partition coefficient (Wildman–Crippen LogP) is 5.75. The second-order valence-corrected chi connectivity index (χ2v) is 10.5. The molecular weight excluding hydrogens is 536 g/mol. The topological polar surface area (TPSA) is 146 Å². The third-order valence-electron chi connectivity index (χ3n) is 7.84. The minimum atomic E-state index is -1.19. The van der Waals surface area contributed by atoms with E-state index in [1.165, 1.54) is 6.07 Å². The maximum Gasteiger partial charge on any atom is 0.339 e. The Morgan fingerprint density at radius 1 is 0.976 bits per heavy atom. The molecule has 0 spiro atoms. The first-order valence-electron chi connectivity index (χ1n) is 13.5. The SMILES string of the molecule is Cc1c(CCC(=O)NC(Cc2c[nH]c3ccc(O)cc23)C(=O)O)c(=O)oc2c(C)c3occ(-c4ccccc4)c3cc12. The molecular formula is C33H28N2O7. The number of furan rings is 1. The molecule has 6 aromatic rings. The van der Waals surface area contributed by atoms with Crippen LogP contribution in [0.5, 0.6) is 5.75 Å². The number of fused-ring (bicyclic) bond motifs is 3. The van der Waals surface area contributed by atoms with Crippen LogP contribution in [0.25, 0.3) is 44.0 Å². The quantitative estimate of drug-likeness (QED) is 0.172. The van der Waals surface area contributed by atoms with Gasteiger partial charge in [-0.15, -0.1) is 0 Å². The van der Waals surface area contributed by atoms with E-state index in [1.54, 1.807) is 24.6 Å². The Hall–Kier alpha value is -5.31. The average Bonchev–Trinajstić information content (AvgIpc) is 3.58. The van der Waals surface area contributed by atoms with Gasteiger partial charge in [-0.3, -0.25) is 4.79 Å². The number of aliphatic carboxylic acids is 1. The van der Waals surface area contributed by atoms with Gasteiger partial charge >= 0.3 is 11.6 Å². The number of benzene rings is 3. The number of phenols is 1. The molecule has 6 rings (SSSR count). The number of hydrogen-bond donors (Lipinski definition) is 4. The summed E-state index contributed by atoms with van der Waals surface area (Å²) < 4.78 is 11.6. The van der Waals surface area contributed by atoms with E-state index in [-0.39, 0.29) is 25.0 Å². The number of carboxylic acid groups (broad SMARTS) is 1. The predicted molar refractivity (Wildman–Crippen MR) is 159 cm³/mol. The van der Waals surface area contributed by atoms with E-state index in [9.17, 15) is 24.6 Å². The van der Waals surface area contributed by atoms with Gasteiger partial charge in [-0.25, -0.2) is 9.59 Å². The van der Waals surface area contributed by atoms with Crippen molar-refractivity contribution >= 4 is 44.7 Å². The molecule has 3 aromatic carbocycles. The third kappa shape index (κ3) is 4.79. The summed E-state index contributed by atoms with van der Waals surface area (Å²) in [5.41, 5.74) is 5.62. The van der Waals surface area contributed by atoms with Gasteiger partial charge in [-0.2, -0.15) is 0 Å². The third-order valence-corrected chi connectivity index (χ3v) is 7.84. The number of aryl methyl sites for hydroxylation is 2. The number of aromatic nitrogens is 1. The van der Waals surface area contributed by atoms with Gasteiger partial charge in [0.2, 0.25) is 5.91 Å². The van der Waals surface area contributed by atoms with Crippen LogP contribution in [0.3, 0.4) is 0 Å². The van der Waals surface area contributed by atoms with Crippen molar-refractivity contribution in [3.63, 3.8) is 0 Å². The normalized spacial score (nSPS) is 12.2. The van der Waals surface area contributed by atoms with E-state index in [2.05, 4.69) is 10.3 Å². The summed E-state index contributed by atoms with van der Waals surface area (Å²) in [6.45, 7) is 3.67. The van der Waals surface area contributed by atoms with Crippen molar-refractivity contribution in [2.75, 3.05) is 0 Å². The molecule has 1 atom stereocenters. The van der Waals surface area contributed by atoms with Crippen LogP contribution < -0.4 is 10.9 Å². The van der Waals surface area contributed by atoms with Gasteiger partial charge < -0.3 is 29.3 Å². The van der Waals surface area contributed by atoms with Crippen molar-refractivity contribution in [1.82, 2.24) is 10.3 Å². The zero-order valence-corrected chi connectivity index (χ0v) is 23.0. The van der Waals surface area contributed by atoms with E-state index >= 15 is 0 Å². The summed E-state index contributed by atoms with van der Waals surface area (Å²) in [5.74, 6) is -1.63. The molecule has 0 fully saturated rings. The molecule has 42 heavy (non-hydrogen) atoms. The number of aromatic amines is 1. The number of nitrogens with one attached hydrogen (secondary N) is 2. The highest BCUT2D eigenvalue weighted by atomic mass is 16.4. The van der Waals surface area contributed by atoms with E-state index in [4.69, 9.17) is 8.83 Å². The molecule has 1 amide bonds. The Balaban J connectivity index is 1.25. The molecule has 1 unspecified atom stereocenters. The lowest BCUT2D eigenvalue weighted by Crippen LogP contribution is -2.42.